The average Bonchev–Trinajstić information content (AvgIpc) is 2.91. The molecule has 0 saturated carbocycles. The van der Waals surface area contributed by atoms with Gasteiger partial charge in [0.2, 0.25) is 0 Å². The van der Waals surface area contributed by atoms with E-state index in [0.29, 0.717) is 0 Å². The zero-order valence-corrected chi connectivity index (χ0v) is 21.1. The molecule has 0 atom stereocenters. The van der Waals surface area contributed by atoms with Crippen molar-refractivity contribution in [2.75, 3.05) is 6.61 Å². The molecule has 0 fully saturated rings. The lowest BCUT2D eigenvalue weighted by molar-refractivity contribution is -0.141. The van der Waals surface area contributed by atoms with E-state index in [4.69, 9.17) is 4.74 Å². The molecular formula is C26H20F6N4O5. The van der Waals surface area contributed by atoms with Crippen LogP contribution in [0.3, 0.4) is 0 Å². The zero-order valence-electron chi connectivity index (χ0n) is 21.1. The second-order valence-electron chi connectivity index (χ2n) is 8.77. The van der Waals surface area contributed by atoms with Crippen molar-refractivity contribution in [3.05, 3.63) is 92.0 Å². The summed E-state index contributed by atoms with van der Waals surface area (Å²) in [5.41, 5.74) is -3.55. The van der Waals surface area contributed by atoms with Crippen LogP contribution in [0.25, 0.3) is 11.0 Å². The molecule has 3 aromatic heterocycles. The topological polar surface area (TPSA) is 105 Å². The number of aromatic nitrogens is 4. The molecule has 0 aliphatic carbocycles. The van der Waals surface area contributed by atoms with Crippen molar-refractivity contribution >= 4 is 17.5 Å². The standard InChI is InChI=1S/C26H20F6N4O5/c1-35-22-21(23(38)36(24(35)39)8-3-9-40-14-37)18(10-15-6-7-20(33-12-15)26(30,31)32)19(13-34-22)41-17-5-2-4-16(11-17)25(27,28)29/h2,4-7,11-14H,3,8-10H2,1H3. The van der Waals surface area contributed by atoms with E-state index < -0.39 is 34.9 Å². The summed E-state index contributed by atoms with van der Waals surface area (Å²) in [5.74, 6) is -0.410. The van der Waals surface area contributed by atoms with Gasteiger partial charge in [0, 0.05) is 31.8 Å². The Morgan fingerprint density at radius 3 is 2.37 bits per heavy atom. The molecule has 0 spiro atoms. The summed E-state index contributed by atoms with van der Waals surface area (Å²) in [7, 11) is 1.34. The lowest BCUT2D eigenvalue weighted by atomic mass is 10.0. The zero-order chi connectivity index (χ0) is 29.9. The summed E-state index contributed by atoms with van der Waals surface area (Å²) in [6, 6.07) is 5.81. The minimum atomic E-state index is -4.70. The minimum absolute atomic E-state index is 0.0486. The molecule has 0 amide bonds. The van der Waals surface area contributed by atoms with E-state index in [1.54, 1.807) is 0 Å². The Labute approximate surface area is 226 Å². The molecule has 0 N–H and O–H groups in total. The number of rotatable bonds is 9. The van der Waals surface area contributed by atoms with E-state index in [0.717, 1.165) is 51.9 Å². The Balaban J connectivity index is 1.89. The summed E-state index contributed by atoms with van der Waals surface area (Å²) >= 11 is 0. The maximum Gasteiger partial charge on any atom is 0.433 e. The highest BCUT2D eigenvalue weighted by atomic mass is 19.4. The van der Waals surface area contributed by atoms with Crippen LogP contribution in [-0.2, 0) is 41.9 Å². The van der Waals surface area contributed by atoms with Crippen molar-refractivity contribution in [3.63, 3.8) is 0 Å². The number of pyridine rings is 2. The Kier molecular flexibility index (Phi) is 8.17. The lowest BCUT2D eigenvalue weighted by Crippen LogP contribution is -2.40. The Morgan fingerprint density at radius 2 is 1.73 bits per heavy atom. The van der Waals surface area contributed by atoms with E-state index in [9.17, 15) is 40.7 Å². The Bertz CT molecular complexity index is 1700. The molecular weight excluding hydrogens is 562 g/mol. The number of hydrogen-bond donors (Lipinski definition) is 0. The highest BCUT2D eigenvalue weighted by molar-refractivity contribution is 5.81. The quantitative estimate of drug-likeness (QED) is 0.163. The summed E-state index contributed by atoms with van der Waals surface area (Å²) in [4.78, 5) is 44.5. The predicted octanol–water partition coefficient (Wildman–Crippen LogP) is 4.47. The van der Waals surface area contributed by atoms with Gasteiger partial charge in [0.15, 0.2) is 0 Å². The fraction of sp³-hybridized carbons (Fsp3) is 0.269. The summed E-state index contributed by atoms with van der Waals surface area (Å²) in [6.07, 6.45) is -7.46. The smallest absolute Gasteiger partial charge is 0.433 e. The molecule has 4 rings (SSSR count). The van der Waals surface area contributed by atoms with Crippen LogP contribution in [-0.4, -0.2) is 32.2 Å². The molecule has 0 saturated heterocycles. The fourth-order valence-electron chi connectivity index (χ4n) is 4.07. The van der Waals surface area contributed by atoms with Gasteiger partial charge in [-0.2, -0.15) is 26.3 Å². The molecule has 0 radical (unpaired) electrons. The molecule has 3 heterocycles. The first kappa shape index (κ1) is 29.3. The van der Waals surface area contributed by atoms with Crippen LogP contribution in [0.15, 0.2) is 58.4 Å². The van der Waals surface area contributed by atoms with Crippen LogP contribution in [0.4, 0.5) is 26.3 Å². The number of aryl methyl sites for hydroxylation is 1. The monoisotopic (exact) mass is 582 g/mol. The van der Waals surface area contributed by atoms with Crippen LogP contribution in [0.1, 0.15) is 28.8 Å². The SMILES string of the molecule is Cn1c(=O)n(CCCOC=O)c(=O)c2c(Cc3ccc(C(F)(F)F)nc3)c(Oc3cccc(C(F)(F)F)c3)cnc21. The highest BCUT2D eigenvalue weighted by Crippen LogP contribution is 2.35. The number of alkyl halides is 6. The minimum Gasteiger partial charge on any atom is -0.468 e. The summed E-state index contributed by atoms with van der Waals surface area (Å²) < 4.78 is 91.2. The Morgan fingerprint density at radius 1 is 0.976 bits per heavy atom. The molecule has 1 aromatic carbocycles. The largest absolute Gasteiger partial charge is 0.468 e. The first-order valence-corrected chi connectivity index (χ1v) is 11.8. The van der Waals surface area contributed by atoms with Crippen molar-refractivity contribution in [2.45, 2.75) is 31.7 Å². The maximum absolute atomic E-state index is 13.6. The maximum atomic E-state index is 13.6. The number of benzene rings is 1. The van der Waals surface area contributed by atoms with E-state index >= 15 is 0 Å². The van der Waals surface area contributed by atoms with Crippen LogP contribution >= 0.6 is 0 Å². The van der Waals surface area contributed by atoms with Gasteiger partial charge in [-0.3, -0.25) is 23.7 Å². The third-order valence-electron chi connectivity index (χ3n) is 6.02. The van der Waals surface area contributed by atoms with E-state index in [1.165, 1.54) is 13.1 Å². The molecule has 9 nitrogen and oxygen atoms in total. The van der Waals surface area contributed by atoms with Gasteiger partial charge in [-0.1, -0.05) is 12.1 Å². The van der Waals surface area contributed by atoms with Gasteiger partial charge in [-0.05, 0) is 36.2 Å². The van der Waals surface area contributed by atoms with Crippen LogP contribution in [0, 0.1) is 0 Å². The number of ether oxygens (including phenoxy) is 2. The van der Waals surface area contributed by atoms with Crippen molar-refractivity contribution in [1.82, 2.24) is 19.1 Å². The third kappa shape index (κ3) is 6.39. The molecule has 41 heavy (non-hydrogen) atoms. The van der Waals surface area contributed by atoms with Gasteiger partial charge >= 0.3 is 18.0 Å². The van der Waals surface area contributed by atoms with Gasteiger partial charge in [0.05, 0.1) is 23.8 Å². The molecule has 4 aromatic rings. The highest BCUT2D eigenvalue weighted by Gasteiger charge is 2.32. The number of carbonyl (C=O) groups excluding carboxylic acids is 1. The van der Waals surface area contributed by atoms with Gasteiger partial charge < -0.3 is 9.47 Å². The Hall–Kier alpha value is -4.69. The van der Waals surface area contributed by atoms with Gasteiger partial charge in [0.1, 0.15) is 22.8 Å². The second kappa shape index (κ2) is 11.4. The average molecular weight is 582 g/mol. The van der Waals surface area contributed by atoms with E-state index in [1.807, 2.05) is 0 Å². The lowest BCUT2D eigenvalue weighted by Gasteiger charge is -2.17. The van der Waals surface area contributed by atoms with Gasteiger partial charge in [0.25, 0.3) is 12.0 Å². The first-order valence-electron chi connectivity index (χ1n) is 11.8. The van der Waals surface area contributed by atoms with Crippen LogP contribution in [0.2, 0.25) is 0 Å². The molecule has 15 heteroatoms. The molecule has 216 valence electrons. The predicted molar refractivity (Wildman–Crippen MR) is 131 cm³/mol. The van der Waals surface area contributed by atoms with Crippen LogP contribution < -0.4 is 16.0 Å². The summed E-state index contributed by atoms with van der Waals surface area (Å²) in [6.45, 7) is -0.0355. The van der Waals surface area contributed by atoms with Crippen molar-refractivity contribution in [3.8, 4) is 11.5 Å². The number of carbonyl (C=O) groups is 1. The number of hydrogen-bond acceptors (Lipinski definition) is 7. The molecule has 0 aliphatic heterocycles. The molecule has 0 unspecified atom stereocenters. The molecule has 0 aliphatic rings. The van der Waals surface area contributed by atoms with Crippen molar-refractivity contribution < 1.29 is 40.6 Å². The number of fused-ring (bicyclic) bond motifs is 1. The fourth-order valence-corrected chi connectivity index (χ4v) is 4.07. The number of nitrogens with zero attached hydrogens (tertiary/aromatic N) is 4. The number of halogens is 6. The van der Waals surface area contributed by atoms with Crippen LogP contribution in [0.5, 0.6) is 11.5 Å². The summed E-state index contributed by atoms with van der Waals surface area (Å²) in [5, 5.41) is -0.146. The van der Waals surface area contributed by atoms with E-state index in [2.05, 4.69) is 14.7 Å². The second-order valence-corrected chi connectivity index (χ2v) is 8.77. The van der Waals surface area contributed by atoms with Gasteiger partial charge in [-0.15, -0.1) is 0 Å². The molecule has 0 bridgehead atoms. The normalized spacial score (nSPS) is 12.0. The van der Waals surface area contributed by atoms with E-state index in [-0.39, 0.29) is 66.1 Å². The van der Waals surface area contributed by atoms with Gasteiger partial charge in [-0.25, -0.2) is 9.78 Å². The third-order valence-corrected chi connectivity index (χ3v) is 6.02. The first-order chi connectivity index (χ1) is 19.3. The van der Waals surface area contributed by atoms with Crippen molar-refractivity contribution in [1.29, 1.82) is 0 Å². The van der Waals surface area contributed by atoms with Crippen molar-refractivity contribution in [2.24, 2.45) is 7.05 Å².